The average Bonchev–Trinajstić information content (AvgIpc) is 2.68. The molecule has 4 nitrogen and oxygen atoms in total. The first-order valence-electron chi connectivity index (χ1n) is 9.28. The van der Waals surface area contributed by atoms with Gasteiger partial charge in [0.1, 0.15) is 0 Å². The van der Waals surface area contributed by atoms with Crippen molar-refractivity contribution in [3.63, 3.8) is 0 Å². The van der Waals surface area contributed by atoms with E-state index in [9.17, 15) is 8.42 Å². The molecule has 0 aliphatic carbocycles. The highest BCUT2D eigenvalue weighted by molar-refractivity contribution is 7.89. The average molecular weight is 381 g/mol. The molecule has 1 saturated heterocycles. The van der Waals surface area contributed by atoms with Crippen molar-refractivity contribution in [3.8, 4) is 0 Å². The SMILES string of the molecule is Cc1ccc(N2CCN(S(=O)(=O)c3cccc4ccccc34)CC2C)cc1. The molecular formula is C22H24N2O2S. The fourth-order valence-electron chi connectivity index (χ4n) is 3.82. The molecule has 1 fully saturated rings. The zero-order chi connectivity index (χ0) is 19.0. The Hall–Kier alpha value is -2.37. The van der Waals surface area contributed by atoms with Gasteiger partial charge >= 0.3 is 0 Å². The van der Waals surface area contributed by atoms with Gasteiger partial charge in [0.2, 0.25) is 10.0 Å². The summed E-state index contributed by atoms with van der Waals surface area (Å²) in [5.74, 6) is 0. The molecule has 1 aliphatic rings. The summed E-state index contributed by atoms with van der Waals surface area (Å²) >= 11 is 0. The van der Waals surface area contributed by atoms with E-state index < -0.39 is 10.0 Å². The van der Waals surface area contributed by atoms with Crippen LogP contribution in [-0.4, -0.2) is 38.4 Å². The second-order valence-electron chi connectivity index (χ2n) is 7.22. The summed E-state index contributed by atoms with van der Waals surface area (Å²) in [5.41, 5.74) is 2.37. The molecule has 0 amide bonds. The maximum Gasteiger partial charge on any atom is 0.243 e. The lowest BCUT2D eigenvalue weighted by Crippen LogP contribution is -2.53. The maximum absolute atomic E-state index is 13.3. The Kier molecular flexibility index (Phi) is 4.66. The summed E-state index contributed by atoms with van der Waals surface area (Å²) in [6.07, 6.45) is 0. The van der Waals surface area contributed by atoms with E-state index in [-0.39, 0.29) is 6.04 Å². The largest absolute Gasteiger partial charge is 0.366 e. The first kappa shape index (κ1) is 18.0. The van der Waals surface area contributed by atoms with Crippen molar-refractivity contribution in [1.29, 1.82) is 0 Å². The van der Waals surface area contributed by atoms with E-state index in [1.165, 1.54) is 5.56 Å². The summed E-state index contributed by atoms with van der Waals surface area (Å²) < 4.78 is 28.3. The number of nitrogens with zero attached hydrogens (tertiary/aromatic N) is 2. The molecule has 1 atom stereocenters. The first-order chi connectivity index (χ1) is 13.0. The predicted octanol–water partition coefficient (Wildman–Crippen LogP) is 4.05. The van der Waals surface area contributed by atoms with Gasteiger partial charge in [-0.2, -0.15) is 4.31 Å². The summed E-state index contributed by atoms with van der Waals surface area (Å²) in [6.45, 7) is 5.82. The highest BCUT2D eigenvalue weighted by atomic mass is 32.2. The van der Waals surface area contributed by atoms with E-state index in [1.807, 2.05) is 36.4 Å². The van der Waals surface area contributed by atoms with Crippen LogP contribution < -0.4 is 4.90 Å². The molecule has 27 heavy (non-hydrogen) atoms. The number of anilines is 1. The molecule has 3 aromatic rings. The molecule has 4 rings (SSSR count). The lowest BCUT2D eigenvalue weighted by Gasteiger charge is -2.40. The Labute approximate surface area is 161 Å². The Balaban J connectivity index is 1.62. The number of aryl methyl sites for hydroxylation is 1. The number of hydrogen-bond acceptors (Lipinski definition) is 3. The minimum absolute atomic E-state index is 0.117. The third-order valence-corrected chi connectivity index (χ3v) is 7.25. The van der Waals surface area contributed by atoms with E-state index in [1.54, 1.807) is 10.4 Å². The summed E-state index contributed by atoms with van der Waals surface area (Å²) in [7, 11) is -3.53. The highest BCUT2D eigenvalue weighted by Crippen LogP contribution is 2.28. The topological polar surface area (TPSA) is 40.6 Å². The van der Waals surface area contributed by atoms with E-state index >= 15 is 0 Å². The van der Waals surface area contributed by atoms with Crippen LogP contribution in [0.15, 0.2) is 71.6 Å². The number of rotatable bonds is 3. The third-order valence-electron chi connectivity index (χ3n) is 5.32. The van der Waals surface area contributed by atoms with Crippen LogP contribution in [0, 0.1) is 6.92 Å². The molecule has 0 N–H and O–H groups in total. The Morgan fingerprint density at radius 3 is 2.33 bits per heavy atom. The standard InChI is InChI=1S/C22H24N2O2S/c1-17-10-12-20(13-11-17)24-15-14-23(16-18(24)2)27(25,26)22-9-5-7-19-6-3-4-8-21(19)22/h3-13,18H,14-16H2,1-2H3. The number of benzene rings is 3. The lowest BCUT2D eigenvalue weighted by atomic mass is 10.1. The molecule has 5 heteroatoms. The molecule has 1 heterocycles. The van der Waals surface area contributed by atoms with Crippen LogP contribution in [0.1, 0.15) is 12.5 Å². The molecule has 140 valence electrons. The van der Waals surface area contributed by atoms with Crippen LogP contribution >= 0.6 is 0 Å². The van der Waals surface area contributed by atoms with E-state index in [4.69, 9.17) is 0 Å². The van der Waals surface area contributed by atoms with Gasteiger partial charge in [0, 0.05) is 36.7 Å². The van der Waals surface area contributed by atoms with Crippen molar-refractivity contribution >= 4 is 26.5 Å². The second-order valence-corrected chi connectivity index (χ2v) is 9.12. The molecule has 1 unspecified atom stereocenters. The normalized spacial score (nSPS) is 18.7. The van der Waals surface area contributed by atoms with Crippen molar-refractivity contribution in [1.82, 2.24) is 4.31 Å². The van der Waals surface area contributed by atoms with E-state index in [0.29, 0.717) is 24.5 Å². The van der Waals surface area contributed by atoms with Crippen LogP contribution in [0.4, 0.5) is 5.69 Å². The molecule has 0 radical (unpaired) electrons. The van der Waals surface area contributed by atoms with Crippen LogP contribution in [-0.2, 0) is 10.0 Å². The zero-order valence-electron chi connectivity index (χ0n) is 15.7. The fraction of sp³-hybridized carbons (Fsp3) is 0.273. The van der Waals surface area contributed by atoms with Gasteiger partial charge in [0.15, 0.2) is 0 Å². The smallest absolute Gasteiger partial charge is 0.243 e. The molecule has 1 aliphatic heterocycles. The lowest BCUT2D eigenvalue weighted by molar-refractivity contribution is 0.343. The maximum atomic E-state index is 13.3. The van der Waals surface area contributed by atoms with Gasteiger partial charge in [-0.1, -0.05) is 54.1 Å². The van der Waals surface area contributed by atoms with E-state index in [2.05, 4.69) is 43.0 Å². The monoisotopic (exact) mass is 380 g/mol. The van der Waals surface area contributed by atoms with Crippen molar-refractivity contribution in [3.05, 3.63) is 72.3 Å². The Morgan fingerprint density at radius 1 is 0.889 bits per heavy atom. The number of sulfonamides is 1. The van der Waals surface area contributed by atoms with Gasteiger partial charge in [-0.3, -0.25) is 0 Å². The molecule has 0 bridgehead atoms. The van der Waals surface area contributed by atoms with Crippen LogP contribution in [0.3, 0.4) is 0 Å². The minimum atomic E-state index is -3.53. The second kappa shape index (κ2) is 6.98. The minimum Gasteiger partial charge on any atom is -0.366 e. The van der Waals surface area contributed by atoms with Gasteiger partial charge in [0.05, 0.1) is 4.90 Å². The highest BCUT2D eigenvalue weighted by Gasteiger charge is 2.33. The van der Waals surface area contributed by atoms with Gasteiger partial charge in [-0.15, -0.1) is 0 Å². The van der Waals surface area contributed by atoms with Gasteiger partial charge in [0.25, 0.3) is 0 Å². The molecule has 0 spiro atoms. The van der Waals surface area contributed by atoms with Crippen LogP contribution in [0.25, 0.3) is 10.8 Å². The zero-order valence-corrected chi connectivity index (χ0v) is 16.5. The summed E-state index contributed by atoms with van der Waals surface area (Å²) in [6, 6.07) is 21.7. The number of fused-ring (bicyclic) bond motifs is 1. The molecule has 0 aromatic heterocycles. The van der Waals surface area contributed by atoms with Crippen LogP contribution in [0.5, 0.6) is 0 Å². The van der Waals surface area contributed by atoms with E-state index in [0.717, 1.165) is 16.5 Å². The first-order valence-corrected chi connectivity index (χ1v) is 10.7. The number of hydrogen-bond donors (Lipinski definition) is 0. The quantitative estimate of drug-likeness (QED) is 0.688. The molecule has 0 saturated carbocycles. The van der Waals surface area contributed by atoms with Gasteiger partial charge in [-0.05, 0) is 37.4 Å². The molecular weight excluding hydrogens is 356 g/mol. The van der Waals surface area contributed by atoms with Gasteiger partial charge < -0.3 is 4.90 Å². The van der Waals surface area contributed by atoms with Crippen molar-refractivity contribution in [2.24, 2.45) is 0 Å². The Morgan fingerprint density at radius 2 is 1.59 bits per heavy atom. The third kappa shape index (κ3) is 3.33. The predicted molar refractivity (Wildman–Crippen MR) is 111 cm³/mol. The van der Waals surface area contributed by atoms with Crippen molar-refractivity contribution < 1.29 is 8.42 Å². The summed E-state index contributed by atoms with van der Waals surface area (Å²) in [4.78, 5) is 2.69. The molecule has 3 aromatic carbocycles. The van der Waals surface area contributed by atoms with Crippen molar-refractivity contribution in [2.75, 3.05) is 24.5 Å². The van der Waals surface area contributed by atoms with Gasteiger partial charge in [-0.25, -0.2) is 8.42 Å². The van der Waals surface area contributed by atoms with Crippen molar-refractivity contribution in [2.45, 2.75) is 24.8 Å². The summed E-state index contributed by atoms with van der Waals surface area (Å²) in [5, 5.41) is 1.73. The fourth-order valence-corrected chi connectivity index (χ4v) is 5.55. The van der Waals surface area contributed by atoms with Crippen LogP contribution in [0.2, 0.25) is 0 Å². The Bertz CT molecular complexity index is 1060. The number of piperazine rings is 1.